The van der Waals surface area contributed by atoms with E-state index in [2.05, 4.69) is 0 Å². The SMILES string of the molecule is OCCCCC(F)Cc1ccccc1. The molecule has 0 heterocycles. The molecule has 0 saturated heterocycles. The fraction of sp³-hybridized carbons (Fsp3) is 0.500. The van der Waals surface area contributed by atoms with Crippen LogP contribution >= 0.6 is 0 Å². The van der Waals surface area contributed by atoms with E-state index in [0.29, 0.717) is 19.3 Å². The van der Waals surface area contributed by atoms with Gasteiger partial charge in [-0.15, -0.1) is 0 Å². The van der Waals surface area contributed by atoms with Crippen LogP contribution in [0.2, 0.25) is 0 Å². The van der Waals surface area contributed by atoms with Crippen LogP contribution in [0.3, 0.4) is 0 Å². The second-order valence-corrected chi connectivity index (χ2v) is 3.51. The van der Waals surface area contributed by atoms with Crippen molar-refractivity contribution in [3.05, 3.63) is 35.9 Å². The topological polar surface area (TPSA) is 20.2 Å². The highest BCUT2D eigenvalue weighted by Gasteiger charge is 2.06. The van der Waals surface area contributed by atoms with Crippen LogP contribution in [-0.2, 0) is 6.42 Å². The van der Waals surface area contributed by atoms with E-state index in [1.807, 2.05) is 30.3 Å². The Bertz CT molecular complexity index is 235. The summed E-state index contributed by atoms with van der Waals surface area (Å²) in [5.41, 5.74) is 1.05. The van der Waals surface area contributed by atoms with Gasteiger partial charge in [-0.3, -0.25) is 0 Å². The lowest BCUT2D eigenvalue weighted by atomic mass is 10.0. The molecule has 0 radical (unpaired) electrons. The van der Waals surface area contributed by atoms with Crippen molar-refractivity contribution >= 4 is 0 Å². The fourth-order valence-electron chi connectivity index (χ4n) is 1.45. The number of hydrogen-bond acceptors (Lipinski definition) is 1. The molecule has 1 nitrogen and oxygen atoms in total. The zero-order chi connectivity index (χ0) is 10.2. The molecule has 1 unspecified atom stereocenters. The molecule has 0 amide bonds. The number of alkyl halides is 1. The molecule has 2 heteroatoms. The maximum atomic E-state index is 13.3. The second kappa shape index (κ2) is 6.55. The van der Waals surface area contributed by atoms with E-state index in [1.165, 1.54) is 0 Å². The Morgan fingerprint density at radius 1 is 1.14 bits per heavy atom. The van der Waals surface area contributed by atoms with Crippen molar-refractivity contribution in [2.24, 2.45) is 0 Å². The molecule has 78 valence electrons. The van der Waals surface area contributed by atoms with Crippen molar-refractivity contribution in [1.29, 1.82) is 0 Å². The van der Waals surface area contributed by atoms with Crippen LogP contribution in [-0.4, -0.2) is 17.9 Å². The smallest absolute Gasteiger partial charge is 0.104 e. The van der Waals surface area contributed by atoms with Gasteiger partial charge in [-0.05, 0) is 24.8 Å². The molecule has 0 spiro atoms. The lowest BCUT2D eigenvalue weighted by molar-refractivity contribution is 0.260. The molecule has 14 heavy (non-hydrogen) atoms. The Balaban J connectivity index is 2.23. The summed E-state index contributed by atoms with van der Waals surface area (Å²) >= 11 is 0. The van der Waals surface area contributed by atoms with E-state index >= 15 is 0 Å². The normalized spacial score (nSPS) is 12.7. The third kappa shape index (κ3) is 4.38. The second-order valence-electron chi connectivity index (χ2n) is 3.51. The van der Waals surface area contributed by atoms with Gasteiger partial charge in [0, 0.05) is 13.0 Å². The molecule has 0 aliphatic carbocycles. The number of aliphatic hydroxyl groups is 1. The highest BCUT2D eigenvalue weighted by molar-refractivity contribution is 5.15. The lowest BCUT2D eigenvalue weighted by Crippen LogP contribution is -2.04. The molecule has 1 N–H and O–H groups in total. The predicted molar refractivity (Wildman–Crippen MR) is 56.0 cm³/mol. The quantitative estimate of drug-likeness (QED) is 0.693. The van der Waals surface area contributed by atoms with Crippen LogP contribution in [0.4, 0.5) is 4.39 Å². The molecule has 0 aromatic heterocycles. The highest BCUT2D eigenvalue weighted by Crippen LogP contribution is 2.11. The van der Waals surface area contributed by atoms with Gasteiger partial charge in [0.25, 0.3) is 0 Å². The summed E-state index contributed by atoms with van der Waals surface area (Å²) in [5, 5.41) is 8.55. The lowest BCUT2D eigenvalue weighted by Gasteiger charge is -2.07. The van der Waals surface area contributed by atoms with Gasteiger partial charge in [0.05, 0.1) is 0 Å². The Kier molecular flexibility index (Phi) is 5.23. The summed E-state index contributed by atoms with van der Waals surface area (Å²) in [6.07, 6.45) is 1.74. The Morgan fingerprint density at radius 3 is 2.50 bits per heavy atom. The summed E-state index contributed by atoms with van der Waals surface area (Å²) in [6.45, 7) is 0.165. The predicted octanol–water partition coefficient (Wildman–Crippen LogP) is 2.73. The summed E-state index contributed by atoms with van der Waals surface area (Å²) in [4.78, 5) is 0. The standard InChI is InChI=1S/C12H17FO/c13-12(8-4-5-9-14)10-11-6-2-1-3-7-11/h1-3,6-7,12,14H,4-5,8-10H2. The van der Waals surface area contributed by atoms with Gasteiger partial charge in [-0.25, -0.2) is 4.39 Å². The number of aliphatic hydroxyl groups excluding tert-OH is 1. The van der Waals surface area contributed by atoms with Crippen LogP contribution < -0.4 is 0 Å². The molecule has 1 aromatic rings. The summed E-state index contributed by atoms with van der Waals surface area (Å²) in [5.74, 6) is 0. The molecule has 0 fully saturated rings. The number of benzene rings is 1. The van der Waals surface area contributed by atoms with E-state index in [-0.39, 0.29) is 6.61 Å². The zero-order valence-electron chi connectivity index (χ0n) is 8.32. The van der Waals surface area contributed by atoms with Crippen LogP contribution in [0.25, 0.3) is 0 Å². The molecule has 0 aliphatic heterocycles. The van der Waals surface area contributed by atoms with E-state index < -0.39 is 6.17 Å². The largest absolute Gasteiger partial charge is 0.396 e. The van der Waals surface area contributed by atoms with Crippen LogP contribution in [0.5, 0.6) is 0 Å². The zero-order valence-corrected chi connectivity index (χ0v) is 8.32. The molecule has 0 aliphatic rings. The summed E-state index contributed by atoms with van der Waals surface area (Å²) in [6, 6.07) is 9.67. The third-order valence-corrected chi connectivity index (χ3v) is 2.23. The minimum atomic E-state index is -0.774. The number of halogens is 1. The first-order valence-electron chi connectivity index (χ1n) is 5.12. The molecule has 1 atom stereocenters. The maximum Gasteiger partial charge on any atom is 0.104 e. The average Bonchev–Trinajstić information content (AvgIpc) is 2.20. The molecular weight excluding hydrogens is 179 g/mol. The fourth-order valence-corrected chi connectivity index (χ4v) is 1.45. The van der Waals surface area contributed by atoms with Crippen LogP contribution in [0.15, 0.2) is 30.3 Å². The van der Waals surface area contributed by atoms with Crippen molar-refractivity contribution in [3.8, 4) is 0 Å². The highest BCUT2D eigenvalue weighted by atomic mass is 19.1. The van der Waals surface area contributed by atoms with E-state index in [9.17, 15) is 4.39 Å². The van der Waals surface area contributed by atoms with Crippen LogP contribution in [0, 0.1) is 0 Å². The van der Waals surface area contributed by atoms with Gasteiger partial charge in [0.15, 0.2) is 0 Å². The molecule has 1 rings (SSSR count). The Labute approximate surface area is 84.6 Å². The summed E-state index contributed by atoms with van der Waals surface area (Å²) < 4.78 is 13.3. The number of hydrogen-bond donors (Lipinski definition) is 1. The first kappa shape index (κ1) is 11.2. The number of unbranched alkanes of at least 4 members (excludes halogenated alkanes) is 1. The minimum Gasteiger partial charge on any atom is -0.396 e. The molecular formula is C12H17FO. The van der Waals surface area contributed by atoms with Crippen molar-refractivity contribution in [2.75, 3.05) is 6.61 Å². The van der Waals surface area contributed by atoms with Crippen molar-refractivity contribution < 1.29 is 9.50 Å². The van der Waals surface area contributed by atoms with Crippen molar-refractivity contribution in [1.82, 2.24) is 0 Å². The molecule has 0 bridgehead atoms. The van der Waals surface area contributed by atoms with Gasteiger partial charge in [-0.1, -0.05) is 30.3 Å². The monoisotopic (exact) mass is 196 g/mol. The first-order valence-corrected chi connectivity index (χ1v) is 5.12. The minimum absolute atomic E-state index is 0.165. The Morgan fingerprint density at radius 2 is 1.86 bits per heavy atom. The van der Waals surface area contributed by atoms with Gasteiger partial charge in [0.2, 0.25) is 0 Å². The van der Waals surface area contributed by atoms with E-state index in [4.69, 9.17) is 5.11 Å². The van der Waals surface area contributed by atoms with Crippen molar-refractivity contribution in [3.63, 3.8) is 0 Å². The van der Waals surface area contributed by atoms with E-state index in [0.717, 1.165) is 12.0 Å². The first-order chi connectivity index (χ1) is 6.83. The molecule has 1 aromatic carbocycles. The molecule has 0 saturated carbocycles. The van der Waals surface area contributed by atoms with Gasteiger partial charge in [0.1, 0.15) is 6.17 Å². The van der Waals surface area contributed by atoms with Gasteiger partial charge in [-0.2, -0.15) is 0 Å². The van der Waals surface area contributed by atoms with E-state index in [1.54, 1.807) is 0 Å². The van der Waals surface area contributed by atoms with Gasteiger partial charge < -0.3 is 5.11 Å². The van der Waals surface area contributed by atoms with Gasteiger partial charge >= 0.3 is 0 Å². The number of rotatable bonds is 6. The average molecular weight is 196 g/mol. The Hall–Kier alpha value is -0.890. The summed E-state index contributed by atoms with van der Waals surface area (Å²) in [7, 11) is 0. The van der Waals surface area contributed by atoms with Crippen LogP contribution in [0.1, 0.15) is 24.8 Å². The van der Waals surface area contributed by atoms with Crippen molar-refractivity contribution in [2.45, 2.75) is 31.9 Å². The maximum absolute atomic E-state index is 13.3. The third-order valence-electron chi connectivity index (χ3n) is 2.23.